The number of nitrogens with zero attached hydrogens (tertiary/aromatic N) is 1. The van der Waals surface area contributed by atoms with Crippen LogP contribution in [0.1, 0.15) is 0 Å². The minimum absolute atomic E-state index is 0.299. The van der Waals surface area contributed by atoms with E-state index in [-0.39, 0.29) is 5.56 Å². The monoisotopic (exact) mass is 238 g/mol. The van der Waals surface area contributed by atoms with E-state index in [1.54, 1.807) is 0 Å². The van der Waals surface area contributed by atoms with Crippen molar-refractivity contribution in [3.63, 3.8) is 0 Å². The van der Waals surface area contributed by atoms with Gasteiger partial charge in [-0.1, -0.05) is 0 Å². The van der Waals surface area contributed by atoms with Crippen LogP contribution in [0.4, 0.5) is 8.78 Å². The molecule has 0 saturated heterocycles. The molecule has 0 fully saturated rings. The zero-order chi connectivity index (χ0) is 11.3. The number of hydrogen-bond acceptors (Lipinski definition) is 3. The average Bonchev–Trinajstić information content (AvgIpc) is 2.59. The Balaban J connectivity index is 2.61. The van der Waals surface area contributed by atoms with E-state index < -0.39 is 11.6 Å². The maximum atomic E-state index is 13.1. The van der Waals surface area contributed by atoms with Crippen LogP contribution in [0.15, 0.2) is 23.3 Å². The van der Waals surface area contributed by atoms with Gasteiger partial charge in [-0.05, 0) is 12.1 Å². The van der Waals surface area contributed by atoms with Crippen LogP contribution >= 0.6 is 11.3 Å². The van der Waals surface area contributed by atoms with Crippen LogP contribution in [0.2, 0.25) is 0 Å². The Labute approximate surface area is 91.4 Å². The molecule has 1 aromatic carbocycles. The molecule has 6 heteroatoms. The van der Waals surface area contributed by atoms with E-state index in [2.05, 4.69) is 9.97 Å². The number of benzene rings is 1. The topological polar surface area (TPSA) is 45.8 Å². The van der Waals surface area contributed by atoms with Gasteiger partial charge in [-0.2, -0.15) is 0 Å². The zero-order valence-corrected chi connectivity index (χ0v) is 8.57. The molecular weight excluding hydrogens is 234 g/mol. The highest BCUT2D eigenvalue weighted by Crippen LogP contribution is 2.31. The van der Waals surface area contributed by atoms with E-state index in [0.29, 0.717) is 20.3 Å². The Morgan fingerprint density at radius 3 is 2.81 bits per heavy atom. The van der Waals surface area contributed by atoms with Crippen molar-refractivity contribution < 1.29 is 8.78 Å². The first-order valence-electron chi connectivity index (χ1n) is 4.42. The number of thiophene rings is 1. The number of rotatable bonds is 0. The van der Waals surface area contributed by atoms with Crippen LogP contribution in [0.5, 0.6) is 0 Å². The second kappa shape index (κ2) is 3.08. The van der Waals surface area contributed by atoms with Crippen LogP contribution in [-0.4, -0.2) is 9.97 Å². The van der Waals surface area contributed by atoms with Gasteiger partial charge in [0.05, 0.1) is 11.8 Å². The molecule has 0 aliphatic rings. The molecule has 0 unspecified atom stereocenters. The number of nitrogens with one attached hydrogen (secondary N) is 1. The predicted molar refractivity (Wildman–Crippen MR) is 57.7 cm³/mol. The summed E-state index contributed by atoms with van der Waals surface area (Å²) < 4.78 is 27.0. The van der Waals surface area contributed by atoms with Crippen molar-refractivity contribution >= 4 is 31.6 Å². The summed E-state index contributed by atoms with van der Waals surface area (Å²) in [6.45, 7) is 0. The van der Waals surface area contributed by atoms with Crippen molar-refractivity contribution in [3.05, 3.63) is 40.4 Å². The van der Waals surface area contributed by atoms with E-state index in [1.807, 2.05) is 0 Å². The first kappa shape index (κ1) is 9.41. The molecule has 0 aliphatic heterocycles. The molecule has 2 aromatic heterocycles. The van der Waals surface area contributed by atoms with Gasteiger partial charge < -0.3 is 4.98 Å². The summed E-state index contributed by atoms with van der Waals surface area (Å²) in [6.07, 6.45) is 1.25. The molecule has 16 heavy (non-hydrogen) atoms. The Morgan fingerprint density at radius 2 is 2.00 bits per heavy atom. The van der Waals surface area contributed by atoms with Crippen molar-refractivity contribution in [3.8, 4) is 0 Å². The van der Waals surface area contributed by atoms with Crippen molar-refractivity contribution in [2.45, 2.75) is 0 Å². The predicted octanol–water partition coefficient (Wildman–Crippen LogP) is 2.42. The fourth-order valence-corrected chi connectivity index (χ4v) is 2.64. The Bertz CT molecular complexity index is 762. The Hall–Kier alpha value is -1.82. The summed E-state index contributed by atoms with van der Waals surface area (Å²) in [4.78, 5) is 17.8. The van der Waals surface area contributed by atoms with Gasteiger partial charge in [0.25, 0.3) is 5.56 Å². The van der Waals surface area contributed by atoms with Crippen LogP contribution < -0.4 is 5.56 Å². The molecule has 0 radical (unpaired) electrons. The maximum Gasteiger partial charge on any atom is 0.268 e. The van der Waals surface area contributed by atoms with Crippen molar-refractivity contribution in [2.24, 2.45) is 0 Å². The number of aromatic nitrogens is 2. The third-order valence-electron chi connectivity index (χ3n) is 2.30. The molecule has 1 N–H and O–H groups in total. The molecule has 3 nitrogen and oxygen atoms in total. The minimum atomic E-state index is -0.936. The lowest BCUT2D eigenvalue weighted by molar-refractivity contribution is 0.511. The number of hydrogen-bond donors (Lipinski definition) is 1. The summed E-state index contributed by atoms with van der Waals surface area (Å²) >= 11 is 1.10. The second-order valence-electron chi connectivity index (χ2n) is 3.27. The van der Waals surface area contributed by atoms with Crippen LogP contribution in [0, 0.1) is 11.6 Å². The lowest BCUT2D eigenvalue weighted by Gasteiger charge is -1.92. The largest absolute Gasteiger partial charge is 0.312 e. The number of halogens is 2. The minimum Gasteiger partial charge on any atom is -0.312 e. The quantitative estimate of drug-likeness (QED) is 0.653. The summed E-state index contributed by atoms with van der Waals surface area (Å²) in [5.41, 5.74) is 0.106. The molecule has 3 rings (SSSR count). The summed E-state index contributed by atoms with van der Waals surface area (Å²) in [7, 11) is 0. The molecule has 3 aromatic rings. The number of H-pyrrole nitrogens is 1. The van der Waals surface area contributed by atoms with Gasteiger partial charge in [0.1, 0.15) is 4.70 Å². The van der Waals surface area contributed by atoms with Gasteiger partial charge in [0.2, 0.25) is 0 Å². The van der Waals surface area contributed by atoms with Crippen molar-refractivity contribution in [1.82, 2.24) is 9.97 Å². The van der Waals surface area contributed by atoms with E-state index >= 15 is 0 Å². The molecule has 80 valence electrons. The smallest absolute Gasteiger partial charge is 0.268 e. The molecular formula is C10H4F2N2OS. The normalized spacial score (nSPS) is 11.4. The SMILES string of the molecule is O=c1[nH]cnc2c1sc1cc(F)c(F)cc12. The van der Waals surface area contributed by atoms with Gasteiger partial charge in [-0.15, -0.1) is 11.3 Å². The molecule has 0 aliphatic carbocycles. The molecule has 0 spiro atoms. The highest BCUT2D eigenvalue weighted by atomic mass is 32.1. The van der Waals surface area contributed by atoms with E-state index in [0.717, 1.165) is 23.5 Å². The van der Waals surface area contributed by atoms with E-state index in [1.165, 1.54) is 6.33 Å². The lowest BCUT2D eigenvalue weighted by Crippen LogP contribution is -2.03. The van der Waals surface area contributed by atoms with Gasteiger partial charge in [0.15, 0.2) is 11.6 Å². The maximum absolute atomic E-state index is 13.1. The molecule has 0 bridgehead atoms. The molecule has 2 heterocycles. The van der Waals surface area contributed by atoms with Crippen LogP contribution in [0.3, 0.4) is 0 Å². The number of aromatic amines is 1. The third-order valence-corrected chi connectivity index (χ3v) is 3.44. The first-order valence-corrected chi connectivity index (χ1v) is 5.23. The molecule has 0 amide bonds. The van der Waals surface area contributed by atoms with E-state index in [9.17, 15) is 13.6 Å². The van der Waals surface area contributed by atoms with E-state index in [4.69, 9.17) is 0 Å². The summed E-state index contributed by atoms with van der Waals surface area (Å²) in [6, 6.07) is 2.15. The fraction of sp³-hybridized carbons (Fsp3) is 0. The van der Waals surface area contributed by atoms with Crippen LogP contribution in [0.25, 0.3) is 20.3 Å². The van der Waals surface area contributed by atoms with Gasteiger partial charge >= 0.3 is 0 Å². The van der Waals surface area contributed by atoms with Gasteiger partial charge in [-0.3, -0.25) is 4.79 Å². The number of fused-ring (bicyclic) bond motifs is 3. The Morgan fingerprint density at radius 1 is 1.25 bits per heavy atom. The Kier molecular flexibility index (Phi) is 1.81. The first-order chi connectivity index (χ1) is 7.66. The third kappa shape index (κ3) is 1.16. The highest BCUT2D eigenvalue weighted by molar-refractivity contribution is 7.25. The average molecular weight is 238 g/mol. The van der Waals surface area contributed by atoms with Gasteiger partial charge in [-0.25, -0.2) is 13.8 Å². The standard InChI is InChI=1S/C10H4F2N2OS/c11-5-1-4-7(2-6(5)12)16-9-8(4)13-3-14-10(9)15/h1-3H,(H,13,14,15). The lowest BCUT2D eigenvalue weighted by atomic mass is 10.2. The fourth-order valence-electron chi connectivity index (χ4n) is 1.58. The molecule has 0 atom stereocenters. The van der Waals surface area contributed by atoms with Crippen LogP contribution in [-0.2, 0) is 0 Å². The second-order valence-corrected chi connectivity index (χ2v) is 4.33. The summed E-state index contributed by atoms with van der Waals surface area (Å²) in [5.74, 6) is -1.86. The van der Waals surface area contributed by atoms with Crippen molar-refractivity contribution in [1.29, 1.82) is 0 Å². The molecule has 0 saturated carbocycles. The summed E-state index contributed by atoms with van der Waals surface area (Å²) in [5, 5.41) is 0.463. The highest BCUT2D eigenvalue weighted by Gasteiger charge is 2.12. The van der Waals surface area contributed by atoms with Gasteiger partial charge in [0, 0.05) is 10.1 Å². The van der Waals surface area contributed by atoms with Crippen molar-refractivity contribution in [2.75, 3.05) is 0 Å². The zero-order valence-electron chi connectivity index (χ0n) is 7.75.